The summed E-state index contributed by atoms with van der Waals surface area (Å²) in [5, 5.41) is 1.32. The van der Waals surface area contributed by atoms with Crippen LogP contribution in [0.15, 0.2) is 66.7 Å². The molecule has 2 aromatic carbocycles. The van der Waals surface area contributed by atoms with Crippen LogP contribution in [0.5, 0.6) is 11.5 Å². The van der Waals surface area contributed by atoms with Crippen molar-refractivity contribution in [1.29, 1.82) is 0 Å². The van der Waals surface area contributed by atoms with Crippen LogP contribution in [0, 0.1) is 0 Å². The molecule has 1 saturated heterocycles. The number of nitrogens with one attached hydrogen (secondary N) is 1. The molecule has 1 fully saturated rings. The molecule has 186 valence electrons. The third kappa shape index (κ3) is 6.40. The molecule has 1 heterocycles. The number of methoxy groups -OCH3 is 1. The van der Waals surface area contributed by atoms with Crippen LogP contribution in [0.4, 0.5) is 0 Å². The number of hydrogen-bond donors (Lipinski definition) is 1. The number of esters is 1. The third-order valence-electron chi connectivity index (χ3n) is 5.21. The molecule has 9 nitrogen and oxygen atoms in total. The largest absolute Gasteiger partial charge is 0.497 e. The van der Waals surface area contributed by atoms with Gasteiger partial charge in [-0.05, 0) is 53.0 Å². The lowest BCUT2D eigenvalue weighted by Gasteiger charge is -2.48. The number of para-hydroxylation sites is 1. The van der Waals surface area contributed by atoms with E-state index in [1.54, 1.807) is 68.6 Å². The molecule has 1 N–H and O–H groups in total. The second-order valence-electron chi connectivity index (χ2n) is 7.74. The first kappa shape index (κ1) is 26.2. The van der Waals surface area contributed by atoms with E-state index in [1.165, 1.54) is 0 Å². The smallest absolute Gasteiger partial charge is 0.333 e. The van der Waals surface area contributed by atoms with Crippen LogP contribution >= 0.6 is 10.7 Å². The van der Waals surface area contributed by atoms with E-state index in [-0.39, 0.29) is 13.2 Å². The van der Waals surface area contributed by atoms with Gasteiger partial charge < -0.3 is 24.4 Å². The molecular formula is C24H25ClN2O7S. The normalized spacial score (nSPS) is 18.6. The number of halogens is 1. The molecule has 0 bridgehead atoms. The fourth-order valence-corrected chi connectivity index (χ4v) is 4.85. The average molecular weight is 521 g/mol. The van der Waals surface area contributed by atoms with Gasteiger partial charge in [0.15, 0.2) is 18.0 Å². The first-order valence-corrected chi connectivity index (χ1v) is 12.6. The number of carbonyl (C=O) groups excluding carboxylic acids is 3. The Labute approximate surface area is 209 Å². The highest BCUT2D eigenvalue weighted by atomic mass is 35.7. The number of ether oxygens (including phenoxy) is 3. The van der Waals surface area contributed by atoms with Gasteiger partial charge in [0.05, 0.1) is 7.11 Å². The first-order chi connectivity index (χ1) is 16.7. The van der Waals surface area contributed by atoms with E-state index in [0.717, 1.165) is 4.90 Å². The maximum Gasteiger partial charge on any atom is 0.333 e. The number of rotatable bonds is 11. The molecular weight excluding hydrogens is 496 g/mol. The SMILES string of the molecule is C=C(C)C(C(=O)OCc1ccc(OC)cc1)N1C(=O)C(NC(=O)COc2ccccc2)C1S(=O)Cl. The Morgan fingerprint density at radius 2 is 1.80 bits per heavy atom. The molecule has 2 amide bonds. The molecule has 1 aliphatic heterocycles. The van der Waals surface area contributed by atoms with E-state index in [2.05, 4.69) is 11.9 Å². The number of nitrogens with zero attached hydrogens (tertiary/aromatic N) is 1. The zero-order chi connectivity index (χ0) is 25.5. The van der Waals surface area contributed by atoms with Gasteiger partial charge in [-0.3, -0.25) is 9.59 Å². The summed E-state index contributed by atoms with van der Waals surface area (Å²) in [6.07, 6.45) is 0. The molecule has 0 radical (unpaired) electrons. The average Bonchev–Trinajstić information content (AvgIpc) is 2.85. The number of amides is 2. The van der Waals surface area contributed by atoms with Gasteiger partial charge in [0.2, 0.25) is 5.91 Å². The summed E-state index contributed by atoms with van der Waals surface area (Å²) in [7, 11) is 5.29. The molecule has 1 aliphatic rings. The van der Waals surface area contributed by atoms with Crippen LogP contribution in [0.25, 0.3) is 0 Å². The maximum absolute atomic E-state index is 12.9. The quantitative estimate of drug-likeness (QED) is 0.209. The lowest BCUT2D eigenvalue weighted by molar-refractivity contribution is -0.163. The summed E-state index contributed by atoms with van der Waals surface area (Å²) in [5.74, 6) is -0.866. The second kappa shape index (κ2) is 11.9. The Balaban J connectivity index is 1.64. The van der Waals surface area contributed by atoms with Gasteiger partial charge in [-0.2, -0.15) is 0 Å². The van der Waals surface area contributed by atoms with Gasteiger partial charge in [0, 0.05) is 0 Å². The number of likely N-dealkylation sites (tertiary alicyclic amines) is 1. The molecule has 2 aromatic rings. The Hall–Kier alpha value is -3.37. The van der Waals surface area contributed by atoms with Gasteiger partial charge in [0.25, 0.3) is 5.91 Å². The maximum atomic E-state index is 12.9. The Morgan fingerprint density at radius 1 is 1.14 bits per heavy atom. The van der Waals surface area contributed by atoms with E-state index < -0.39 is 45.3 Å². The Bertz CT molecular complexity index is 1110. The third-order valence-corrected chi connectivity index (χ3v) is 6.63. The van der Waals surface area contributed by atoms with Gasteiger partial charge in [0.1, 0.15) is 34.2 Å². The molecule has 0 aromatic heterocycles. The minimum Gasteiger partial charge on any atom is -0.497 e. The second-order valence-corrected chi connectivity index (χ2v) is 9.63. The van der Waals surface area contributed by atoms with E-state index in [0.29, 0.717) is 22.6 Å². The minimum absolute atomic E-state index is 0.0553. The standard InChI is InChI=1S/C24H25ClN2O7S/c1-15(2)21(24(30)34-13-16-9-11-17(32-3)12-10-16)27-22(29)20(23(27)35(25)31)26-19(28)14-33-18-7-5-4-6-8-18/h4-12,20-21,23H,1,13-14H2,2-3H3,(H,26,28). The van der Waals surface area contributed by atoms with Crippen molar-refractivity contribution in [1.82, 2.24) is 10.2 Å². The van der Waals surface area contributed by atoms with Crippen LogP contribution in [0.2, 0.25) is 0 Å². The van der Waals surface area contributed by atoms with Crippen molar-refractivity contribution in [2.75, 3.05) is 13.7 Å². The van der Waals surface area contributed by atoms with Crippen LogP contribution in [-0.2, 0) is 35.7 Å². The number of carbonyl (C=O) groups is 3. The lowest BCUT2D eigenvalue weighted by atomic mass is 9.99. The van der Waals surface area contributed by atoms with E-state index in [9.17, 15) is 18.6 Å². The summed E-state index contributed by atoms with van der Waals surface area (Å²) in [6, 6.07) is 13.2. The van der Waals surface area contributed by atoms with E-state index in [1.807, 2.05) is 0 Å². The molecule has 35 heavy (non-hydrogen) atoms. The van der Waals surface area contributed by atoms with Gasteiger partial charge in [-0.15, -0.1) is 0 Å². The summed E-state index contributed by atoms with van der Waals surface area (Å²) in [5.41, 5.74) is 0.998. The fraction of sp³-hybridized carbons (Fsp3) is 0.292. The summed E-state index contributed by atoms with van der Waals surface area (Å²) in [4.78, 5) is 39.1. The summed E-state index contributed by atoms with van der Waals surface area (Å²) < 4.78 is 28.1. The molecule has 4 atom stereocenters. The van der Waals surface area contributed by atoms with Crippen LogP contribution in [-0.4, -0.2) is 58.1 Å². The van der Waals surface area contributed by atoms with E-state index in [4.69, 9.17) is 24.9 Å². The molecule has 3 rings (SSSR count). The van der Waals surface area contributed by atoms with Crippen molar-refractivity contribution in [3.63, 3.8) is 0 Å². The van der Waals surface area contributed by atoms with Gasteiger partial charge in [-0.1, -0.05) is 36.9 Å². The summed E-state index contributed by atoms with van der Waals surface area (Å²) in [6.45, 7) is 4.90. The van der Waals surface area contributed by atoms with Gasteiger partial charge in [-0.25, -0.2) is 9.00 Å². The van der Waals surface area contributed by atoms with E-state index >= 15 is 0 Å². The van der Waals surface area contributed by atoms with Crippen molar-refractivity contribution < 1.29 is 32.8 Å². The highest BCUT2D eigenvalue weighted by Gasteiger charge is 2.56. The summed E-state index contributed by atoms with van der Waals surface area (Å²) >= 11 is 0. The number of benzene rings is 2. The van der Waals surface area contributed by atoms with Crippen molar-refractivity contribution in [2.45, 2.75) is 31.0 Å². The van der Waals surface area contributed by atoms with Crippen LogP contribution in [0.1, 0.15) is 12.5 Å². The zero-order valence-electron chi connectivity index (χ0n) is 19.1. The Kier molecular flexibility index (Phi) is 8.89. The minimum atomic E-state index is -2.10. The predicted octanol–water partition coefficient (Wildman–Crippen LogP) is 2.32. The fourth-order valence-electron chi connectivity index (χ4n) is 3.48. The van der Waals surface area contributed by atoms with Gasteiger partial charge >= 0.3 is 5.97 Å². The lowest BCUT2D eigenvalue weighted by Crippen LogP contribution is -2.75. The van der Waals surface area contributed by atoms with Crippen molar-refractivity contribution in [3.8, 4) is 11.5 Å². The highest BCUT2D eigenvalue weighted by molar-refractivity contribution is 8.08. The Morgan fingerprint density at radius 3 is 2.37 bits per heavy atom. The molecule has 0 aliphatic carbocycles. The zero-order valence-corrected chi connectivity index (χ0v) is 20.7. The molecule has 4 unspecified atom stereocenters. The van der Waals surface area contributed by atoms with Crippen LogP contribution < -0.4 is 14.8 Å². The number of hydrogen-bond acceptors (Lipinski definition) is 7. The monoisotopic (exact) mass is 520 g/mol. The predicted molar refractivity (Wildman–Crippen MR) is 130 cm³/mol. The van der Waals surface area contributed by atoms with Crippen molar-refractivity contribution in [3.05, 3.63) is 72.3 Å². The van der Waals surface area contributed by atoms with Crippen molar-refractivity contribution >= 4 is 38.5 Å². The van der Waals surface area contributed by atoms with Crippen LogP contribution in [0.3, 0.4) is 0 Å². The first-order valence-electron chi connectivity index (χ1n) is 10.5. The van der Waals surface area contributed by atoms with Crippen molar-refractivity contribution in [2.24, 2.45) is 0 Å². The topological polar surface area (TPSA) is 111 Å². The molecule has 11 heteroatoms. The molecule has 0 spiro atoms. The highest BCUT2D eigenvalue weighted by Crippen LogP contribution is 2.31. The molecule has 0 saturated carbocycles. The number of β-lactam (4-membered cyclic amide) rings is 1.